The molecule has 0 saturated carbocycles. The highest BCUT2D eigenvalue weighted by Gasteiger charge is 2.30. The maximum absolute atomic E-state index is 11.4. The second-order valence-corrected chi connectivity index (χ2v) is 4.31. The summed E-state index contributed by atoms with van der Waals surface area (Å²) in [4.78, 5) is 23.9. The molecule has 1 aliphatic rings. The minimum Gasteiger partial charge on any atom is -0.465 e. The van der Waals surface area contributed by atoms with Crippen LogP contribution in [0.3, 0.4) is 0 Å². The van der Waals surface area contributed by atoms with Gasteiger partial charge in [-0.05, 0) is 12.0 Å². The van der Waals surface area contributed by atoms with Crippen LogP contribution >= 0.6 is 0 Å². The largest absolute Gasteiger partial charge is 0.465 e. The molecule has 0 bridgehead atoms. The first-order valence-electron chi connectivity index (χ1n) is 5.72. The highest BCUT2D eigenvalue weighted by Crippen LogP contribution is 2.18. The number of carbonyl (C=O) groups is 2. The Morgan fingerprint density at radius 1 is 1.35 bits per heavy atom. The molecule has 1 heterocycles. The predicted molar refractivity (Wildman–Crippen MR) is 62.9 cm³/mol. The Balaban J connectivity index is 2.10. The van der Waals surface area contributed by atoms with Crippen LogP contribution in [0.2, 0.25) is 0 Å². The molecule has 1 aromatic carbocycles. The Bertz CT molecular complexity index is 416. The van der Waals surface area contributed by atoms with Crippen LogP contribution in [-0.4, -0.2) is 34.5 Å². The Hall–Kier alpha value is -1.84. The molecule has 17 heavy (non-hydrogen) atoms. The van der Waals surface area contributed by atoms with E-state index < -0.39 is 6.09 Å². The first-order valence-corrected chi connectivity index (χ1v) is 5.72. The van der Waals surface area contributed by atoms with Crippen LogP contribution < -0.4 is 0 Å². The van der Waals surface area contributed by atoms with Gasteiger partial charge in [0.2, 0.25) is 0 Å². The molecule has 1 unspecified atom stereocenters. The summed E-state index contributed by atoms with van der Waals surface area (Å²) in [6.07, 6.45) is 0.357. The van der Waals surface area contributed by atoms with E-state index in [2.05, 4.69) is 0 Å². The number of piperidine rings is 1. The molecule has 1 amide bonds. The van der Waals surface area contributed by atoms with E-state index >= 15 is 0 Å². The smallest absolute Gasteiger partial charge is 0.407 e. The van der Waals surface area contributed by atoms with Crippen LogP contribution in [0, 0.1) is 0 Å². The van der Waals surface area contributed by atoms with Gasteiger partial charge in [-0.2, -0.15) is 0 Å². The molecule has 4 nitrogen and oxygen atoms in total. The van der Waals surface area contributed by atoms with Crippen LogP contribution in [0.1, 0.15) is 18.4 Å². The van der Waals surface area contributed by atoms with Crippen molar-refractivity contribution in [3.05, 3.63) is 35.9 Å². The summed E-state index contributed by atoms with van der Waals surface area (Å²) in [6, 6.07) is 9.47. The Morgan fingerprint density at radius 2 is 2.06 bits per heavy atom. The Labute approximate surface area is 99.9 Å². The molecular weight excluding hydrogens is 218 g/mol. The van der Waals surface area contributed by atoms with Gasteiger partial charge in [0.15, 0.2) is 0 Å². The average Bonchev–Trinajstić information content (AvgIpc) is 2.30. The third kappa shape index (κ3) is 2.84. The van der Waals surface area contributed by atoms with Crippen LogP contribution in [-0.2, 0) is 11.2 Å². The molecular formula is C13H15NO3. The van der Waals surface area contributed by atoms with Crippen LogP contribution in [0.5, 0.6) is 0 Å². The fourth-order valence-electron chi connectivity index (χ4n) is 2.22. The minimum absolute atomic E-state index is 0.156. The van der Waals surface area contributed by atoms with E-state index in [1.165, 1.54) is 4.90 Å². The van der Waals surface area contributed by atoms with Crippen LogP contribution in [0.25, 0.3) is 0 Å². The van der Waals surface area contributed by atoms with Crippen molar-refractivity contribution in [2.75, 3.05) is 6.54 Å². The topological polar surface area (TPSA) is 57.6 Å². The summed E-state index contributed by atoms with van der Waals surface area (Å²) in [5, 5.41) is 9.09. The second kappa shape index (κ2) is 4.99. The van der Waals surface area contributed by atoms with Crippen molar-refractivity contribution in [2.24, 2.45) is 0 Å². The number of ketones is 1. The van der Waals surface area contributed by atoms with Crippen LogP contribution in [0.4, 0.5) is 4.79 Å². The number of hydrogen-bond donors (Lipinski definition) is 1. The van der Waals surface area contributed by atoms with Crippen LogP contribution in [0.15, 0.2) is 30.3 Å². The molecule has 1 fully saturated rings. The monoisotopic (exact) mass is 233 g/mol. The lowest BCUT2D eigenvalue weighted by Crippen LogP contribution is -2.46. The molecule has 1 atom stereocenters. The van der Waals surface area contributed by atoms with Crippen molar-refractivity contribution >= 4 is 11.9 Å². The lowest BCUT2D eigenvalue weighted by molar-refractivity contribution is -0.122. The maximum Gasteiger partial charge on any atom is 0.407 e. The van der Waals surface area contributed by atoms with Gasteiger partial charge in [0.1, 0.15) is 5.78 Å². The number of amides is 1. The van der Waals surface area contributed by atoms with Gasteiger partial charge in [-0.1, -0.05) is 30.3 Å². The van der Waals surface area contributed by atoms with Crippen molar-refractivity contribution in [1.82, 2.24) is 4.90 Å². The first-order chi connectivity index (χ1) is 8.16. The fraction of sp³-hybridized carbons (Fsp3) is 0.385. The van der Waals surface area contributed by atoms with Crippen molar-refractivity contribution in [1.29, 1.82) is 0 Å². The molecule has 1 saturated heterocycles. The van der Waals surface area contributed by atoms with Gasteiger partial charge in [0.05, 0.1) is 0 Å². The van der Waals surface area contributed by atoms with Gasteiger partial charge < -0.3 is 10.0 Å². The molecule has 1 aliphatic heterocycles. The van der Waals surface area contributed by atoms with E-state index in [0.29, 0.717) is 25.8 Å². The van der Waals surface area contributed by atoms with Crippen molar-refractivity contribution < 1.29 is 14.7 Å². The molecule has 4 heteroatoms. The first kappa shape index (κ1) is 11.6. The zero-order valence-electron chi connectivity index (χ0n) is 9.50. The number of carboxylic acid groups (broad SMARTS) is 1. The Morgan fingerprint density at radius 3 is 2.71 bits per heavy atom. The highest BCUT2D eigenvalue weighted by atomic mass is 16.4. The van der Waals surface area contributed by atoms with Gasteiger partial charge >= 0.3 is 6.09 Å². The van der Waals surface area contributed by atoms with Gasteiger partial charge in [0, 0.05) is 25.4 Å². The van der Waals surface area contributed by atoms with E-state index in [1.54, 1.807) is 0 Å². The molecule has 1 N–H and O–H groups in total. The van der Waals surface area contributed by atoms with E-state index in [1.807, 2.05) is 30.3 Å². The lowest BCUT2D eigenvalue weighted by Gasteiger charge is -2.32. The normalized spacial score (nSPS) is 20.4. The number of Topliss-reactive ketones (excluding diaryl/α,β-unsaturated/α-hetero) is 1. The van der Waals surface area contributed by atoms with E-state index in [4.69, 9.17) is 5.11 Å². The van der Waals surface area contributed by atoms with Gasteiger partial charge in [-0.25, -0.2) is 4.79 Å². The number of rotatable bonds is 2. The summed E-state index contributed by atoms with van der Waals surface area (Å²) >= 11 is 0. The number of nitrogens with zero attached hydrogens (tertiary/aromatic N) is 1. The molecule has 0 aromatic heterocycles. The standard InChI is InChI=1S/C13H15NO3/c15-12-6-7-14(13(16)17)11(9-12)8-10-4-2-1-3-5-10/h1-5,11H,6-9H2,(H,16,17). The van der Waals surface area contributed by atoms with Gasteiger partial charge in [-0.3, -0.25) is 4.79 Å². The van der Waals surface area contributed by atoms with E-state index in [0.717, 1.165) is 5.56 Å². The van der Waals surface area contributed by atoms with Crippen molar-refractivity contribution in [3.8, 4) is 0 Å². The summed E-state index contributed by atoms with van der Waals surface area (Å²) in [7, 11) is 0. The van der Waals surface area contributed by atoms with Crippen molar-refractivity contribution in [2.45, 2.75) is 25.3 Å². The highest BCUT2D eigenvalue weighted by molar-refractivity contribution is 5.82. The quantitative estimate of drug-likeness (QED) is 0.849. The number of benzene rings is 1. The van der Waals surface area contributed by atoms with E-state index in [9.17, 15) is 9.59 Å². The Kier molecular flexibility index (Phi) is 3.42. The lowest BCUT2D eigenvalue weighted by atomic mass is 9.95. The van der Waals surface area contributed by atoms with E-state index in [-0.39, 0.29) is 11.8 Å². The maximum atomic E-state index is 11.4. The molecule has 0 aliphatic carbocycles. The summed E-state index contributed by atoms with van der Waals surface area (Å²) in [5.74, 6) is 0.156. The molecule has 1 aromatic rings. The summed E-state index contributed by atoms with van der Waals surface area (Å²) in [5.41, 5.74) is 1.07. The zero-order chi connectivity index (χ0) is 12.3. The molecule has 90 valence electrons. The minimum atomic E-state index is -0.932. The average molecular weight is 233 g/mol. The second-order valence-electron chi connectivity index (χ2n) is 4.31. The summed E-state index contributed by atoms with van der Waals surface area (Å²) in [6.45, 7) is 0.325. The SMILES string of the molecule is O=C1CCN(C(=O)O)C(Cc2ccccc2)C1. The molecule has 2 rings (SSSR count). The zero-order valence-corrected chi connectivity index (χ0v) is 9.50. The molecule has 0 radical (unpaired) electrons. The van der Waals surface area contributed by atoms with Crippen molar-refractivity contribution in [3.63, 3.8) is 0 Å². The third-order valence-corrected chi connectivity index (χ3v) is 3.10. The fourth-order valence-corrected chi connectivity index (χ4v) is 2.22. The van der Waals surface area contributed by atoms with Gasteiger partial charge in [-0.15, -0.1) is 0 Å². The summed E-state index contributed by atoms with van der Waals surface area (Å²) < 4.78 is 0. The number of hydrogen-bond acceptors (Lipinski definition) is 2. The van der Waals surface area contributed by atoms with Gasteiger partial charge in [0.25, 0.3) is 0 Å². The number of likely N-dealkylation sites (tertiary alicyclic amines) is 1. The number of carbonyl (C=O) groups excluding carboxylic acids is 1. The predicted octanol–water partition coefficient (Wildman–Crippen LogP) is 1.94. The molecule has 0 spiro atoms. The third-order valence-electron chi connectivity index (χ3n) is 3.10.